The van der Waals surface area contributed by atoms with E-state index in [4.69, 9.17) is 0 Å². The molecule has 5 rings (SSSR count). The molecule has 0 aliphatic heterocycles. The van der Waals surface area contributed by atoms with Crippen LogP contribution in [0.5, 0.6) is 5.75 Å². The molecule has 1 nitrogen and oxygen atoms in total. The number of hydrogen-bond acceptors (Lipinski definition) is 1. The van der Waals surface area contributed by atoms with E-state index >= 15 is 0 Å². The molecule has 0 spiro atoms. The molecule has 1 aromatic carbocycles. The Morgan fingerprint density at radius 2 is 1.46 bits per heavy atom. The van der Waals surface area contributed by atoms with Gasteiger partial charge in [0.05, 0.1) is 0 Å². The van der Waals surface area contributed by atoms with Gasteiger partial charge in [-0.05, 0) is 84.2 Å². The van der Waals surface area contributed by atoms with Crippen LogP contribution in [-0.4, -0.2) is 5.11 Å². The van der Waals surface area contributed by atoms with E-state index in [2.05, 4.69) is 46.8 Å². The minimum atomic E-state index is 0.133. The molecule has 4 fully saturated rings. The van der Waals surface area contributed by atoms with Crippen molar-refractivity contribution in [3.05, 3.63) is 28.8 Å². The molecule has 0 atom stereocenters. The smallest absolute Gasteiger partial charge is 0.122 e. The van der Waals surface area contributed by atoms with Gasteiger partial charge in [0.15, 0.2) is 0 Å². The lowest BCUT2D eigenvalue weighted by molar-refractivity contribution is -0.00625. The highest BCUT2D eigenvalue weighted by atomic mass is 16.3. The van der Waals surface area contributed by atoms with Gasteiger partial charge >= 0.3 is 0 Å². The van der Waals surface area contributed by atoms with Crippen molar-refractivity contribution in [2.45, 2.75) is 89.9 Å². The van der Waals surface area contributed by atoms with Gasteiger partial charge in [-0.15, -0.1) is 0 Å². The van der Waals surface area contributed by atoms with Crippen molar-refractivity contribution in [3.63, 3.8) is 0 Å². The van der Waals surface area contributed by atoms with Gasteiger partial charge in [-0.1, -0.05) is 46.8 Å². The average molecular weight is 327 g/mol. The molecule has 0 amide bonds. The molecule has 0 heterocycles. The molecule has 4 aliphatic carbocycles. The average Bonchev–Trinajstić information content (AvgIpc) is 2.44. The zero-order valence-corrected chi connectivity index (χ0v) is 16.2. The van der Waals surface area contributed by atoms with Gasteiger partial charge in [0, 0.05) is 5.56 Å². The van der Waals surface area contributed by atoms with Crippen LogP contribution in [0, 0.1) is 17.8 Å². The third-order valence-corrected chi connectivity index (χ3v) is 7.24. The van der Waals surface area contributed by atoms with E-state index in [0.717, 1.165) is 23.3 Å². The fourth-order valence-corrected chi connectivity index (χ4v) is 6.37. The number of aromatic hydroxyl groups is 1. The van der Waals surface area contributed by atoms with Crippen molar-refractivity contribution in [1.82, 2.24) is 0 Å². The fraction of sp³-hybridized carbons (Fsp3) is 0.739. The van der Waals surface area contributed by atoms with Crippen LogP contribution in [0.15, 0.2) is 12.1 Å². The maximum absolute atomic E-state index is 11.2. The van der Waals surface area contributed by atoms with Crippen LogP contribution < -0.4 is 0 Å². The second-order valence-corrected chi connectivity index (χ2v) is 10.6. The third-order valence-electron chi connectivity index (χ3n) is 7.24. The van der Waals surface area contributed by atoms with Crippen molar-refractivity contribution in [2.75, 3.05) is 0 Å². The predicted octanol–water partition coefficient (Wildman–Crippen LogP) is 6.28. The van der Waals surface area contributed by atoms with Gasteiger partial charge in [0.2, 0.25) is 0 Å². The van der Waals surface area contributed by atoms with Crippen LogP contribution in [0.25, 0.3) is 0 Å². The second kappa shape index (κ2) is 5.26. The quantitative estimate of drug-likeness (QED) is 0.678. The number of hydrogen-bond donors (Lipinski definition) is 1. The highest BCUT2D eigenvalue weighted by Crippen LogP contribution is 2.62. The first-order chi connectivity index (χ1) is 11.2. The fourth-order valence-electron chi connectivity index (χ4n) is 6.37. The first-order valence-corrected chi connectivity index (χ1v) is 10.1. The van der Waals surface area contributed by atoms with Crippen LogP contribution in [0.1, 0.15) is 95.8 Å². The summed E-state index contributed by atoms with van der Waals surface area (Å²) in [5.41, 5.74) is 4.26. The summed E-state index contributed by atoms with van der Waals surface area (Å²) in [6.07, 6.45) is 8.31. The van der Waals surface area contributed by atoms with Crippen LogP contribution in [-0.2, 0) is 10.8 Å². The van der Waals surface area contributed by atoms with Crippen molar-refractivity contribution in [1.29, 1.82) is 0 Å². The largest absolute Gasteiger partial charge is 0.507 e. The highest BCUT2D eigenvalue weighted by Gasteiger charge is 2.52. The summed E-state index contributed by atoms with van der Waals surface area (Å²) in [4.78, 5) is 0. The minimum absolute atomic E-state index is 0.133. The van der Waals surface area contributed by atoms with Gasteiger partial charge < -0.3 is 5.11 Å². The maximum atomic E-state index is 11.2. The summed E-state index contributed by atoms with van der Waals surface area (Å²) < 4.78 is 0. The minimum Gasteiger partial charge on any atom is -0.507 e. The van der Waals surface area contributed by atoms with Crippen LogP contribution in [0.4, 0.5) is 0 Å². The first kappa shape index (κ1) is 16.5. The Labute approximate surface area is 147 Å². The molecular weight excluding hydrogens is 292 g/mol. The van der Waals surface area contributed by atoms with Gasteiger partial charge in [-0.25, -0.2) is 0 Å². The van der Waals surface area contributed by atoms with Crippen molar-refractivity contribution in [3.8, 4) is 5.75 Å². The Balaban J connectivity index is 1.87. The molecule has 0 radical (unpaired) electrons. The Kier molecular flexibility index (Phi) is 3.61. The molecule has 1 heteroatoms. The van der Waals surface area contributed by atoms with E-state index in [1.807, 2.05) is 0 Å². The van der Waals surface area contributed by atoms with E-state index in [0.29, 0.717) is 11.7 Å². The Hall–Kier alpha value is -0.980. The summed E-state index contributed by atoms with van der Waals surface area (Å²) in [5.74, 6) is 3.74. The zero-order chi connectivity index (χ0) is 17.3. The lowest BCUT2D eigenvalue weighted by Gasteiger charge is -2.57. The third kappa shape index (κ3) is 2.50. The van der Waals surface area contributed by atoms with Gasteiger partial charge in [-0.2, -0.15) is 0 Å². The Bertz CT molecular complexity index is 611. The molecule has 4 bridgehead atoms. The van der Waals surface area contributed by atoms with Crippen molar-refractivity contribution in [2.24, 2.45) is 17.8 Å². The van der Waals surface area contributed by atoms with E-state index in [1.54, 1.807) is 0 Å². The molecule has 4 aliphatic rings. The molecule has 24 heavy (non-hydrogen) atoms. The summed E-state index contributed by atoms with van der Waals surface area (Å²) >= 11 is 0. The Morgan fingerprint density at radius 3 is 1.88 bits per heavy atom. The number of rotatable bonds is 2. The monoisotopic (exact) mass is 326 g/mol. The number of phenolic OH excluding ortho intramolecular Hbond substituents is 1. The summed E-state index contributed by atoms with van der Waals surface area (Å²) in [6.45, 7) is 11.3. The van der Waals surface area contributed by atoms with Gasteiger partial charge in [0.25, 0.3) is 0 Å². The molecule has 0 saturated heterocycles. The van der Waals surface area contributed by atoms with Crippen molar-refractivity contribution >= 4 is 0 Å². The van der Waals surface area contributed by atoms with Crippen LogP contribution in [0.3, 0.4) is 0 Å². The topological polar surface area (TPSA) is 20.2 Å². The predicted molar refractivity (Wildman–Crippen MR) is 101 cm³/mol. The van der Waals surface area contributed by atoms with Crippen molar-refractivity contribution < 1.29 is 5.11 Å². The van der Waals surface area contributed by atoms with E-state index < -0.39 is 0 Å². The summed E-state index contributed by atoms with van der Waals surface area (Å²) in [6, 6.07) is 4.65. The SMILES string of the molecule is CC(C)c1cc(C(C)(C)C)cc(C23CC4C[C@H](C2)C[C@H](C4)C3)c1O. The highest BCUT2D eigenvalue weighted by molar-refractivity contribution is 5.51. The lowest BCUT2D eigenvalue weighted by Crippen LogP contribution is -2.48. The standard InChI is InChI=1S/C23H34O/c1-14(2)19-9-18(22(3,4)5)10-20(21(19)24)23-11-15-6-16(12-23)8-17(7-15)13-23/h9-10,14-17,24H,6-8,11-13H2,1-5H3/t15-,16-,17?,23?/m1/s1. The molecule has 1 N–H and O–H groups in total. The van der Waals surface area contributed by atoms with Crippen LogP contribution >= 0.6 is 0 Å². The molecule has 1 aromatic rings. The molecule has 4 saturated carbocycles. The van der Waals surface area contributed by atoms with E-state index in [-0.39, 0.29) is 10.8 Å². The molecular formula is C23H34O. The van der Waals surface area contributed by atoms with E-state index in [1.165, 1.54) is 49.7 Å². The molecule has 0 aromatic heterocycles. The lowest BCUT2D eigenvalue weighted by atomic mass is 9.47. The number of benzene rings is 1. The normalized spacial score (nSPS) is 35.0. The molecule has 132 valence electrons. The Morgan fingerprint density at radius 1 is 0.958 bits per heavy atom. The second-order valence-electron chi connectivity index (χ2n) is 10.6. The first-order valence-electron chi connectivity index (χ1n) is 10.1. The summed E-state index contributed by atoms with van der Waals surface area (Å²) in [5, 5.41) is 11.2. The maximum Gasteiger partial charge on any atom is 0.122 e. The van der Waals surface area contributed by atoms with Gasteiger partial charge in [0.1, 0.15) is 5.75 Å². The van der Waals surface area contributed by atoms with Crippen LogP contribution in [0.2, 0.25) is 0 Å². The van der Waals surface area contributed by atoms with Gasteiger partial charge in [-0.3, -0.25) is 0 Å². The number of phenols is 1. The molecule has 0 unspecified atom stereocenters. The summed E-state index contributed by atoms with van der Waals surface area (Å²) in [7, 11) is 0. The van der Waals surface area contributed by atoms with E-state index in [9.17, 15) is 5.11 Å². The zero-order valence-electron chi connectivity index (χ0n) is 16.2.